The van der Waals surface area contributed by atoms with Crippen molar-refractivity contribution in [1.29, 1.82) is 0 Å². The van der Waals surface area contributed by atoms with E-state index < -0.39 is 23.6 Å². The van der Waals surface area contributed by atoms with Crippen molar-refractivity contribution in [3.8, 4) is 11.5 Å². The van der Waals surface area contributed by atoms with E-state index in [1.165, 1.54) is 6.08 Å². The molecule has 0 aliphatic carbocycles. The Morgan fingerprint density at radius 1 is 1.20 bits per heavy atom. The molecule has 2 heterocycles. The predicted octanol–water partition coefficient (Wildman–Crippen LogP) is 2.92. The van der Waals surface area contributed by atoms with E-state index in [0.717, 1.165) is 12.5 Å². The van der Waals surface area contributed by atoms with Gasteiger partial charge in [-0.25, -0.2) is 4.79 Å². The summed E-state index contributed by atoms with van der Waals surface area (Å²) in [6.07, 6.45) is 4.74. The fourth-order valence-electron chi connectivity index (χ4n) is 3.04. The molecule has 0 amide bonds. The normalized spacial score (nSPS) is 28.3. The molecular formula is C18H19ClO6. The topological polar surface area (TPSA) is 96.4 Å². The van der Waals surface area contributed by atoms with Crippen molar-refractivity contribution in [2.24, 2.45) is 0 Å². The minimum atomic E-state index is -0.784. The van der Waals surface area contributed by atoms with Gasteiger partial charge in [-0.3, -0.25) is 4.79 Å². The Balaban J connectivity index is 1.98. The van der Waals surface area contributed by atoms with Crippen LogP contribution in [-0.2, 0) is 20.7 Å². The zero-order chi connectivity index (χ0) is 18.1. The van der Waals surface area contributed by atoms with E-state index in [1.54, 1.807) is 13.0 Å². The van der Waals surface area contributed by atoms with E-state index in [1.807, 2.05) is 0 Å². The van der Waals surface area contributed by atoms with Gasteiger partial charge in [0.25, 0.3) is 0 Å². The van der Waals surface area contributed by atoms with Crippen LogP contribution in [0.3, 0.4) is 0 Å². The van der Waals surface area contributed by atoms with Crippen molar-refractivity contribution in [3.63, 3.8) is 0 Å². The third kappa shape index (κ3) is 3.96. The number of ether oxygens (including phenoxy) is 2. The maximum atomic E-state index is 12.5. The fraction of sp³-hybridized carbons (Fsp3) is 0.444. The van der Waals surface area contributed by atoms with Gasteiger partial charge in [0.15, 0.2) is 5.78 Å². The lowest BCUT2D eigenvalue weighted by molar-refractivity contribution is -0.114. The molecule has 1 saturated heterocycles. The first kappa shape index (κ1) is 17.8. The molecule has 0 aromatic heterocycles. The average molecular weight is 367 g/mol. The lowest BCUT2D eigenvalue weighted by atomic mass is 9.99. The number of benzene rings is 1. The summed E-state index contributed by atoms with van der Waals surface area (Å²) in [5, 5.41) is 19.8. The molecule has 0 radical (unpaired) electrons. The number of esters is 1. The minimum absolute atomic E-state index is 0.0336. The van der Waals surface area contributed by atoms with Crippen LogP contribution >= 0.6 is 11.6 Å². The van der Waals surface area contributed by atoms with Crippen LogP contribution in [0.15, 0.2) is 18.2 Å². The van der Waals surface area contributed by atoms with E-state index in [2.05, 4.69) is 0 Å². The maximum absolute atomic E-state index is 12.5. The zero-order valence-corrected chi connectivity index (χ0v) is 14.5. The van der Waals surface area contributed by atoms with Gasteiger partial charge in [-0.05, 0) is 25.8 Å². The van der Waals surface area contributed by atoms with Crippen molar-refractivity contribution < 1.29 is 29.3 Å². The number of fused-ring (bicyclic) bond motifs is 2. The Kier molecular flexibility index (Phi) is 5.01. The van der Waals surface area contributed by atoms with Crippen LogP contribution in [0, 0.1) is 0 Å². The highest BCUT2D eigenvalue weighted by Gasteiger charge is 2.39. The molecule has 3 rings (SSSR count). The first-order valence-electron chi connectivity index (χ1n) is 8.16. The number of aromatic hydroxyl groups is 2. The summed E-state index contributed by atoms with van der Waals surface area (Å²) in [7, 11) is 0. The molecule has 0 saturated carbocycles. The van der Waals surface area contributed by atoms with Crippen LogP contribution in [-0.4, -0.2) is 40.3 Å². The summed E-state index contributed by atoms with van der Waals surface area (Å²) in [6, 6.07) is 0.969. The molecule has 2 N–H and O–H groups in total. The Labute approximate surface area is 150 Å². The number of hydrogen-bond acceptors (Lipinski definition) is 6. The minimum Gasteiger partial charge on any atom is -0.507 e. The quantitative estimate of drug-likeness (QED) is 0.541. The van der Waals surface area contributed by atoms with Crippen LogP contribution in [0.1, 0.15) is 42.1 Å². The molecule has 1 fully saturated rings. The molecule has 7 heteroatoms. The van der Waals surface area contributed by atoms with Crippen molar-refractivity contribution in [3.05, 3.63) is 34.4 Å². The number of phenols is 2. The Bertz CT molecular complexity index is 742. The molecule has 2 aliphatic rings. The Hall–Kier alpha value is -2.05. The number of allylic oxidation sites excluding steroid dienone is 2. The van der Waals surface area contributed by atoms with E-state index in [9.17, 15) is 19.8 Å². The SMILES string of the molecule is C[C@@H]1C[C@H]2O[C@@H]2CC/C=C/C(=O)Cc2c(Cl)c(O)cc(O)c2C(=O)O1. The molecule has 0 unspecified atom stereocenters. The number of carbonyl (C=O) groups excluding carboxylic acids is 2. The van der Waals surface area contributed by atoms with E-state index in [0.29, 0.717) is 12.8 Å². The summed E-state index contributed by atoms with van der Waals surface area (Å²) in [5.74, 6) is -1.95. The van der Waals surface area contributed by atoms with Gasteiger partial charge in [0.2, 0.25) is 0 Å². The molecule has 6 nitrogen and oxygen atoms in total. The third-order valence-corrected chi connectivity index (χ3v) is 4.78. The lowest BCUT2D eigenvalue weighted by Crippen LogP contribution is -2.20. The van der Waals surface area contributed by atoms with Gasteiger partial charge in [-0.2, -0.15) is 0 Å². The van der Waals surface area contributed by atoms with Gasteiger partial charge in [-0.15, -0.1) is 0 Å². The second kappa shape index (κ2) is 7.06. The van der Waals surface area contributed by atoms with Crippen LogP contribution in [0.5, 0.6) is 11.5 Å². The van der Waals surface area contributed by atoms with E-state index >= 15 is 0 Å². The lowest BCUT2D eigenvalue weighted by Gasteiger charge is -2.16. The number of halogens is 1. The van der Waals surface area contributed by atoms with Gasteiger partial charge in [0, 0.05) is 24.5 Å². The second-order valence-electron chi connectivity index (χ2n) is 6.37. The summed E-state index contributed by atoms with van der Waals surface area (Å²) in [6.45, 7) is 1.74. The Morgan fingerprint density at radius 2 is 1.96 bits per heavy atom. The first-order valence-corrected chi connectivity index (χ1v) is 8.53. The summed E-state index contributed by atoms with van der Waals surface area (Å²) >= 11 is 6.07. The number of phenolic OH excluding ortho intramolecular Hbond substituents is 2. The van der Waals surface area contributed by atoms with Gasteiger partial charge in [0.05, 0.1) is 17.2 Å². The molecule has 1 aromatic rings. The molecule has 3 atom stereocenters. The van der Waals surface area contributed by atoms with Crippen LogP contribution in [0.4, 0.5) is 0 Å². The zero-order valence-electron chi connectivity index (χ0n) is 13.7. The van der Waals surface area contributed by atoms with Gasteiger partial charge in [-0.1, -0.05) is 17.7 Å². The van der Waals surface area contributed by atoms with Crippen molar-refractivity contribution in [2.75, 3.05) is 0 Å². The number of epoxide rings is 1. The van der Waals surface area contributed by atoms with Crippen LogP contribution in [0.2, 0.25) is 5.02 Å². The summed E-state index contributed by atoms with van der Waals surface area (Å²) < 4.78 is 10.9. The predicted molar refractivity (Wildman–Crippen MR) is 90.0 cm³/mol. The Morgan fingerprint density at radius 3 is 2.72 bits per heavy atom. The summed E-state index contributed by atoms with van der Waals surface area (Å²) in [4.78, 5) is 24.7. The standard InChI is InChI=1S/C18H19ClO6/c1-9-6-15-14(25-15)5-3-2-4-10(20)7-11-16(18(23)24-9)12(21)8-13(22)17(11)19/h2,4,8-9,14-15,21-22H,3,5-7H2,1H3/b4-2+/t9-,14-,15-/m1/s1. The molecule has 0 bridgehead atoms. The van der Waals surface area contributed by atoms with Gasteiger partial charge in [0.1, 0.15) is 23.2 Å². The van der Waals surface area contributed by atoms with E-state index in [-0.39, 0.29) is 40.6 Å². The molecule has 2 aliphatic heterocycles. The second-order valence-corrected chi connectivity index (χ2v) is 6.75. The first-order chi connectivity index (χ1) is 11.9. The van der Waals surface area contributed by atoms with Crippen molar-refractivity contribution in [1.82, 2.24) is 0 Å². The molecule has 0 spiro atoms. The number of hydrogen-bond donors (Lipinski definition) is 2. The fourth-order valence-corrected chi connectivity index (χ4v) is 3.26. The largest absolute Gasteiger partial charge is 0.507 e. The van der Waals surface area contributed by atoms with Crippen molar-refractivity contribution >= 4 is 23.4 Å². The highest BCUT2D eigenvalue weighted by atomic mass is 35.5. The molecular weight excluding hydrogens is 348 g/mol. The highest BCUT2D eigenvalue weighted by Crippen LogP contribution is 2.38. The van der Waals surface area contributed by atoms with Gasteiger partial charge < -0.3 is 19.7 Å². The van der Waals surface area contributed by atoms with Crippen LogP contribution in [0.25, 0.3) is 0 Å². The van der Waals surface area contributed by atoms with Gasteiger partial charge >= 0.3 is 5.97 Å². The van der Waals surface area contributed by atoms with E-state index in [4.69, 9.17) is 21.1 Å². The maximum Gasteiger partial charge on any atom is 0.342 e. The van der Waals surface area contributed by atoms with Crippen molar-refractivity contribution in [2.45, 2.75) is 50.9 Å². The number of ketones is 1. The molecule has 134 valence electrons. The van der Waals surface area contributed by atoms with Crippen LogP contribution < -0.4 is 0 Å². The average Bonchev–Trinajstić information content (AvgIpc) is 3.25. The number of carbonyl (C=O) groups is 2. The summed E-state index contributed by atoms with van der Waals surface area (Å²) in [5.41, 5.74) is -0.134. The third-order valence-electron chi connectivity index (χ3n) is 4.36. The number of cyclic esters (lactones) is 1. The molecule has 1 aromatic carbocycles. The smallest absolute Gasteiger partial charge is 0.342 e. The number of rotatable bonds is 0. The highest BCUT2D eigenvalue weighted by molar-refractivity contribution is 6.33. The monoisotopic (exact) mass is 366 g/mol. The molecule has 25 heavy (non-hydrogen) atoms.